The Labute approximate surface area is 158 Å². The molecule has 1 aliphatic heterocycles. The Balaban J connectivity index is 1.46. The van der Waals surface area contributed by atoms with Crippen molar-refractivity contribution in [2.75, 3.05) is 13.1 Å². The maximum Gasteiger partial charge on any atom is 0.228 e. The van der Waals surface area contributed by atoms with Gasteiger partial charge in [0.15, 0.2) is 0 Å². The molecule has 0 spiro atoms. The maximum absolute atomic E-state index is 12.9. The lowest BCUT2D eigenvalue weighted by molar-refractivity contribution is -0.131. The van der Waals surface area contributed by atoms with Gasteiger partial charge in [0.1, 0.15) is 11.6 Å². The fourth-order valence-corrected chi connectivity index (χ4v) is 3.74. The Morgan fingerprint density at radius 3 is 2.85 bits per heavy atom. The molecule has 0 radical (unpaired) electrons. The third-order valence-corrected chi connectivity index (χ3v) is 5.23. The Bertz CT molecular complexity index is 929. The Morgan fingerprint density at radius 2 is 2.11 bits per heavy atom. The number of carbonyl (C=O) groups excluding carboxylic acids is 1. The number of benzene rings is 1. The minimum Gasteiger partial charge on any atom is -0.441 e. The van der Waals surface area contributed by atoms with Crippen molar-refractivity contribution in [1.29, 1.82) is 0 Å². The molecule has 0 bridgehead atoms. The number of piperidine rings is 1. The van der Waals surface area contributed by atoms with Crippen molar-refractivity contribution in [3.8, 4) is 11.5 Å². The molecular formula is C21H24N4O2. The highest BCUT2D eigenvalue weighted by atomic mass is 16.4. The van der Waals surface area contributed by atoms with Gasteiger partial charge < -0.3 is 13.9 Å². The summed E-state index contributed by atoms with van der Waals surface area (Å²) < 4.78 is 7.84. The van der Waals surface area contributed by atoms with Crippen LogP contribution in [0.25, 0.3) is 11.5 Å². The number of oxazole rings is 1. The number of amides is 1. The van der Waals surface area contributed by atoms with Gasteiger partial charge in [-0.1, -0.05) is 18.2 Å². The second-order valence-electron chi connectivity index (χ2n) is 7.14. The van der Waals surface area contributed by atoms with Crippen LogP contribution in [0.4, 0.5) is 0 Å². The van der Waals surface area contributed by atoms with Crippen LogP contribution < -0.4 is 0 Å². The fraction of sp³-hybridized carbons (Fsp3) is 0.381. The lowest BCUT2D eigenvalue weighted by Crippen LogP contribution is -2.40. The minimum atomic E-state index is 0.102. The molecule has 1 fully saturated rings. The minimum absolute atomic E-state index is 0.102. The van der Waals surface area contributed by atoms with Crippen LogP contribution >= 0.6 is 0 Å². The van der Waals surface area contributed by atoms with Crippen LogP contribution in [0, 0.1) is 6.92 Å². The number of carbonyl (C=O) groups is 1. The lowest BCUT2D eigenvalue weighted by Gasteiger charge is -2.32. The molecule has 0 N–H and O–H groups in total. The van der Waals surface area contributed by atoms with E-state index in [0.29, 0.717) is 24.1 Å². The van der Waals surface area contributed by atoms with Gasteiger partial charge in [0.2, 0.25) is 11.8 Å². The summed E-state index contributed by atoms with van der Waals surface area (Å²) in [5, 5.41) is 0. The second-order valence-corrected chi connectivity index (χ2v) is 7.14. The highest BCUT2D eigenvalue weighted by Crippen LogP contribution is 2.27. The number of rotatable bonds is 4. The van der Waals surface area contributed by atoms with E-state index in [2.05, 4.69) is 9.97 Å². The van der Waals surface area contributed by atoms with Gasteiger partial charge in [-0.15, -0.1) is 0 Å². The van der Waals surface area contributed by atoms with E-state index in [-0.39, 0.29) is 12.3 Å². The monoisotopic (exact) mass is 364 g/mol. The molecule has 0 unspecified atom stereocenters. The Morgan fingerprint density at radius 1 is 1.30 bits per heavy atom. The highest BCUT2D eigenvalue weighted by Gasteiger charge is 2.28. The van der Waals surface area contributed by atoms with Crippen molar-refractivity contribution in [3.63, 3.8) is 0 Å². The summed E-state index contributed by atoms with van der Waals surface area (Å²) in [6.07, 6.45) is 6.11. The number of imidazole rings is 1. The average Bonchev–Trinajstić information content (AvgIpc) is 3.28. The van der Waals surface area contributed by atoms with Crippen LogP contribution in [-0.4, -0.2) is 38.4 Å². The molecule has 6 heteroatoms. The van der Waals surface area contributed by atoms with E-state index in [0.717, 1.165) is 36.5 Å². The zero-order chi connectivity index (χ0) is 18.8. The Hall–Kier alpha value is -2.89. The van der Waals surface area contributed by atoms with Crippen molar-refractivity contribution in [3.05, 3.63) is 60.0 Å². The molecule has 27 heavy (non-hydrogen) atoms. The highest BCUT2D eigenvalue weighted by molar-refractivity contribution is 5.79. The zero-order valence-corrected chi connectivity index (χ0v) is 15.8. The molecule has 2 aromatic heterocycles. The van der Waals surface area contributed by atoms with Crippen LogP contribution in [0.15, 0.2) is 47.1 Å². The normalized spacial score (nSPS) is 17.3. The van der Waals surface area contributed by atoms with Gasteiger partial charge in [0.05, 0.1) is 12.1 Å². The zero-order valence-electron chi connectivity index (χ0n) is 15.8. The molecule has 1 atom stereocenters. The average molecular weight is 364 g/mol. The van der Waals surface area contributed by atoms with E-state index in [1.807, 2.05) is 66.2 Å². The third kappa shape index (κ3) is 3.65. The van der Waals surface area contributed by atoms with Crippen LogP contribution in [-0.2, 0) is 18.3 Å². The molecule has 0 aliphatic carbocycles. The number of likely N-dealkylation sites (tertiary alicyclic amines) is 1. The molecule has 6 nitrogen and oxygen atoms in total. The van der Waals surface area contributed by atoms with Crippen LogP contribution in [0.1, 0.15) is 36.0 Å². The van der Waals surface area contributed by atoms with Gasteiger partial charge in [-0.25, -0.2) is 9.97 Å². The summed E-state index contributed by atoms with van der Waals surface area (Å²) >= 11 is 0. The molecule has 1 saturated heterocycles. The Kier molecular flexibility index (Phi) is 4.79. The van der Waals surface area contributed by atoms with Gasteiger partial charge in [-0.05, 0) is 31.9 Å². The van der Waals surface area contributed by atoms with Crippen molar-refractivity contribution < 1.29 is 9.21 Å². The lowest BCUT2D eigenvalue weighted by atomic mass is 9.96. The molecule has 140 valence electrons. The molecule has 3 heterocycles. The standard InChI is InChI=1S/C21H24N4O2/c1-15-18(23-21(27-15)16-7-4-3-5-8-16)13-19(26)25-11-6-9-17(14-25)20-22-10-12-24(20)2/h3-5,7-8,10,12,17H,6,9,11,13-14H2,1-2H3/t17-/m0/s1. The van der Waals surface area contributed by atoms with E-state index < -0.39 is 0 Å². The van der Waals surface area contributed by atoms with E-state index >= 15 is 0 Å². The summed E-state index contributed by atoms with van der Waals surface area (Å²) in [5.41, 5.74) is 1.64. The second kappa shape index (κ2) is 7.39. The maximum atomic E-state index is 12.9. The van der Waals surface area contributed by atoms with Crippen LogP contribution in [0.3, 0.4) is 0 Å². The SMILES string of the molecule is Cc1oc(-c2ccccc2)nc1CC(=O)N1CCC[C@H](c2nccn2C)C1. The predicted octanol–water partition coefficient (Wildman–Crippen LogP) is 3.33. The number of hydrogen-bond donors (Lipinski definition) is 0. The van der Waals surface area contributed by atoms with E-state index in [1.165, 1.54) is 0 Å². The van der Waals surface area contributed by atoms with Gasteiger partial charge in [0, 0.05) is 44.0 Å². The van der Waals surface area contributed by atoms with Gasteiger partial charge in [0.25, 0.3) is 0 Å². The van der Waals surface area contributed by atoms with E-state index in [9.17, 15) is 4.79 Å². The summed E-state index contributed by atoms with van der Waals surface area (Å²) in [4.78, 5) is 23.9. The van der Waals surface area contributed by atoms with Crippen LogP contribution in [0.2, 0.25) is 0 Å². The molecule has 3 aromatic rings. The molecule has 4 rings (SSSR count). The van der Waals surface area contributed by atoms with Crippen molar-refractivity contribution in [2.24, 2.45) is 7.05 Å². The third-order valence-electron chi connectivity index (χ3n) is 5.23. The quantitative estimate of drug-likeness (QED) is 0.712. The van der Waals surface area contributed by atoms with Crippen molar-refractivity contribution in [1.82, 2.24) is 19.4 Å². The first-order valence-electron chi connectivity index (χ1n) is 9.38. The van der Waals surface area contributed by atoms with E-state index in [4.69, 9.17) is 4.42 Å². The van der Waals surface area contributed by atoms with Crippen molar-refractivity contribution in [2.45, 2.75) is 32.1 Å². The summed E-state index contributed by atoms with van der Waals surface area (Å²) in [5.74, 6) is 2.72. The number of nitrogens with zero attached hydrogens (tertiary/aromatic N) is 4. The first-order valence-corrected chi connectivity index (χ1v) is 9.38. The first-order chi connectivity index (χ1) is 13.1. The van der Waals surface area contributed by atoms with E-state index in [1.54, 1.807) is 0 Å². The van der Waals surface area contributed by atoms with Gasteiger partial charge in [-0.2, -0.15) is 0 Å². The number of aryl methyl sites for hydroxylation is 2. The molecular weight excluding hydrogens is 340 g/mol. The number of aromatic nitrogens is 3. The molecule has 1 amide bonds. The van der Waals surface area contributed by atoms with Crippen molar-refractivity contribution >= 4 is 5.91 Å². The predicted molar refractivity (Wildman–Crippen MR) is 102 cm³/mol. The summed E-state index contributed by atoms with van der Waals surface area (Å²) in [6.45, 7) is 3.38. The summed E-state index contributed by atoms with van der Waals surface area (Å²) in [7, 11) is 2.01. The molecule has 1 aromatic carbocycles. The topological polar surface area (TPSA) is 64.2 Å². The van der Waals surface area contributed by atoms with Gasteiger partial charge >= 0.3 is 0 Å². The van der Waals surface area contributed by atoms with Crippen LogP contribution in [0.5, 0.6) is 0 Å². The molecule has 0 saturated carbocycles. The smallest absolute Gasteiger partial charge is 0.228 e. The summed E-state index contributed by atoms with van der Waals surface area (Å²) in [6, 6.07) is 9.77. The first kappa shape index (κ1) is 17.5. The molecule has 1 aliphatic rings. The number of hydrogen-bond acceptors (Lipinski definition) is 4. The largest absolute Gasteiger partial charge is 0.441 e. The van der Waals surface area contributed by atoms with Gasteiger partial charge in [-0.3, -0.25) is 4.79 Å². The fourth-order valence-electron chi connectivity index (χ4n) is 3.74.